The van der Waals surface area contributed by atoms with Gasteiger partial charge in [0.1, 0.15) is 18.1 Å². The molecule has 1 aliphatic carbocycles. The number of aliphatic hydroxyl groups excluding tert-OH is 3. The number of likely N-dealkylation sites (tertiary alicyclic amines) is 3. The van der Waals surface area contributed by atoms with Crippen LogP contribution in [0.3, 0.4) is 0 Å². The number of halogens is 22. The summed E-state index contributed by atoms with van der Waals surface area (Å²) < 4.78 is 287. The molecule has 3 aliphatic heterocycles. The van der Waals surface area contributed by atoms with Gasteiger partial charge in [-0.2, -0.15) is 101 Å². The van der Waals surface area contributed by atoms with E-state index in [0.29, 0.717) is 38.2 Å². The minimum Gasteiger partial charge on any atom is -0.506 e. The summed E-state index contributed by atoms with van der Waals surface area (Å²) in [5.41, 5.74) is 7.41. The van der Waals surface area contributed by atoms with E-state index in [9.17, 15) is 101 Å². The molecule has 5 aromatic rings. The van der Waals surface area contributed by atoms with Gasteiger partial charge in [-0.1, -0.05) is 83.8 Å². The van der Waals surface area contributed by atoms with Crippen LogP contribution in [0.4, 0.5) is 92.2 Å². The number of azide groups is 1. The molecule has 9 rings (SSSR count). The van der Waals surface area contributed by atoms with Crippen LogP contribution in [0.1, 0.15) is 72.8 Å². The van der Waals surface area contributed by atoms with Crippen molar-refractivity contribution in [2.24, 2.45) is 28.8 Å². The van der Waals surface area contributed by atoms with Gasteiger partial charge >= 0.3 is 43.2 Å². The number of rotatable bonds is 7. The highest BCUT2D eigenvalue weighted by Gasteiger charge is 2.47. The van der Waals surface area contributed by atoms with Gasteiger partial charge in [-0.15, -0.1) is 0 Å². The maximum absolute atomic E-state index is 12.5. The van der Waals surface area contributed by atoms with E-state index in [1.165, 1.54) is 23.0 Å². The Morgan fingerprint density at radius 2 is 0.970 bits per heavy atom. The molecule has 17 nitrogen and oxygen atoms in total. The molecule has 2 aromatic carbocycles. The fraction of sp³-hybridized carbons (Fsp3) is 0.557. The third-order valence-corrected chi connectivity index (χ3v) is 15.1. The average Bonchev–Trinajstić information content (AvgIpc) is 0.856. The first kappa shape index (κ1) is 90.4. The standard InChI is InChI=1S/C13H10F3NO.C8H14F3NO3S.C7H11F3N4.C7H12F3NO.C7H11F3O.C7H8O.C6H3ClF3N.C6H4F3NO/c14-13(15,16)11-6-12(8-17-7-11)18-9-10-4-2-1-3-5-10;1-12-4-6(8(9,10)11)3-7(5-12)15-16(2,13)14;1-14-3-5(7(8,9)10)2-6(4-14)12-13-11;1-11-3-5(7(8,9)10)2-6(12)4-11;8-7(9,10)5-2-1-3-6(11)4-5;8-6-7-4-2-1-3-5-7;7-5-1-4(2-11-3-5)6(8,9)10;7-6(8,9)4-1-5(11)3-10-2-4/h1-8H,9H2;6-7H,3-5H2,1-2H3;5-6H,2-4H2,1H3;5-6,12H,2-4H2,1H3;5-6,11H,1-4H2;1-5,8H,6H2;1-3H;1-3,11H/t;6-,7+;5-,6-;2*5-,6+;;;/m.1110.../s1. The lowest BCUT2D eigenvalue weighted by molar-refractivity contribution is -0.194. The van der Waals surface area contributed by atoms with Crippen molar-refractivity contribution in [1.82, 2.24) is 29.7 Å². The van der Waals surface area contributed by atoms with Gasteiger partial charge in [-0.25, -0.2) is 0 Å². The summed E-state index contributed by atoms with van der Waals surface area (Å²) in [4.78, 5) is 17.0. The van der Waals surface area contributed by atoms with Crippen LogP contribution in [0.15, 0.2) is 121 Å². The molecule has 6 heterocycles. The Balaban J connectivity index is 0.000000396. The zero-order chi connectivity index (χ0) is 77.0. The van der Waals surface area contributed by atoms with E-state index in [2.05, 4.69) is 29.2 Å². The predicted octanol–water partition coefficient (Wildman–Crippen LogP) is 15.4. The number of aliphatic hydroxyl groups is 3. The van der Waals surface area contributed by atoms with Gasteiger partial charge in [0.2, 0.25) is 0 Å². The van der Waals surface area contributed by atoms with Crippen molar-refractivity contribution in [2.75, 3.05) is 66.7 Å². The van der Waals surface area contributed by atoms with E-state index in [1.807, 2.05) is 60.7 Å². The second-order valence-electron chi connectivity index (χ2n) is 23.2. The Kier molecular flexibility index (Phi) is 36.6. The molecule has 0 bridgehead atoms. The molecule has 8 atom stereocenters. The van der Waals surface area contributed by atoms with Crippen molar-refractivity contribution >= 4 is 21.7 Å². The molecule has 101 heavy (non-hydrogen) atoms. The molecule has 3 saturated heterocycles. The van der Waals surface area contributed by atoms with Gasteiger partial charge in [0, 0.05) is 69.0 Å². The molecule has 4 aliphatic rings. The molecule has 0 radical (unpaired) electrons. The van der Waals surface area contributed by atoms with Crippen molar-refractivity contribution in [3.8, 4) is 11.5 Å². The Morgan fingerprint density at radius 1 is 0.545 bits per heavy atom. The molecule has 570 valence electrons. The molecule has 40 heteroatoms. The number of piperidine rings is 3. The van der Waals surface area contributed by atoms with Crippen LogP contribution in [0.2, 0.25) is 5.02 Å². The maximum Gasteiger partial charge on any atom is 0.418 e. The third-order valence-electron chi connectivity index (χ3n) is 14.2. The Morgan fingerprint density at radius 3 is 1.37 bits per heavy atom. The van der Waals surface area contributed by atoms with Gasteiger partial charge in [0.05, 0.1) is 95.0 Å². The third kappa shape index (κ3) is 38.4. The Labute approximate surface area is 571 Å². The quantitative estimate of drug-likeness (QED) is 0.0391. The zero-order valence-electron chi connectivity index (χ0n) is 53.9. The number of ether oxygens (including phenoxy) is 1. The molecular formula is C61H73ClF21N9O8S. The van der Waals surface area contributed by atoms with E-state index < -0.39 is 124 Å². The van der Waals surface area contributed by atoms with Crippen LogP contribution in [0.5, 0.6) is 11.5 Å². The summed E-state index contributed by atoms with van der Waals surface area (Å²) in [6, 6.07) is 20.5. The normalized spacial score (nSPS) is 21.7. The molecule has 1 saturated carbocycles. The van der Waals surface area contributed by atoms with Crippen molar-refractivity contribution in [3.05, 3.63) is 159 Å². The summed E-state index contributed by atoms with van der Waals surface area (Å²) in [6.07, 6.45) is -25.6. The molecule has 0 amide bonds. The largest absolute Gasteiger partial charge is 0.506 e. The topological polar surface area (TPSA) is 231 Å². The van der Waals surface area contributed by atoms with Crippen molar-refractivity contribution in [3.63, 3.8) is 0 Å². The fourth-order valence-corrected chi connectivity index (χ4v) is 10.4. The Bertz CT molecular complexity index is 3270. The maximum atomic E-state index is 12.5. The monoisotopic (exact) mass is 1530 g/mol. The number of pyridine rings is 3. The summed E-state index contributed by atoms with van der Waals surface area (Å²) in [6.45, 7) is 1.15. The number of nitrogens with zero attached hydrogens (tertiary/aromatic N) is 9. The van der Waals surface area contributed by atoms with E-state index in [-0.39, 0.29) is 82.3 Å². The van der Waals surface area contributed by atoms with Gasteiger partial charge in [0.25, 0.3) is 10.1 Å². The number of hydrogen-bond acceptors (Lipinski definition) is 15. The first-order valence-corrected chi connectivity index (χ1v) is 31.9. The number of benzene rings is 2. The number of alkyl halides is 21. The van der Waals surface area contributed by atoms with Gasteiger partial charge < -0.3 is 39.9 Å². The highest BCUT2D eigenvalue weighted by Crippen LogP contribution is 2.39. The summed E-state index contributed by atoms with van der Waals surface area (Å²) >= 11 is 5.29. The highest BCUT2D eigenvalue weighted by atomic mass is 35.5. The minimum absolute atomic E-state index is 0.000556. The van der Waals surface area contributed by atoms with E-state index >= 15 is 0 Å². The lowest BCUT2D eigenvalue weighted by Gasteiger charge is -2.35. The SMILES string of the molecule is CN1C[C@@H](O)C[C@@H](C(F)(F)F)C1.CN1C[C@@H](OS(C)(=O)=O)C[C@@H](C(F)(F)F)C1.CN1C[C@H](N=[N+]=[N-])C[C@@H](C(F)(F)F)C1.FC(F)(F)c1cncc(Cl)c1.FC(F)(F)c1cncc(OCc2ccccc2)c1.OCc1ccccc1.O[C@@H]1CCC[C@H](C(F)(F)F)C1.Oc1cncc(C(F)(F)F)c1. The number of β-amino-alcohol motifs (C(OH)–C–C–N with tert-alkyl or cyclic N) is 1. The van der Waals surface area contributed by atoms with Gasteiger partial charge in [-0.3, -0.25) is 19.1 Å². The van der Waals surface area contributed by atoms with Gasteiger partial charge in [-0.05, 0) is 94.5 Å². The van der Waals surface area contributed by atoms with Crippen molar-refractivity contribution in [1.29, 1.82) is 0 Å². The minimum atomic E-state index is -4.44. The molecular weight excluding hydrogens is 1450 g/mol. The zero-order valence-corrected chi connectivity index (χ0v) is 55.4. The van der Waals surface area contributed by atoms with Crippen LogP contribution in [-0.4, -0.2) is 174 Å². The summed E-state index contributed by atoms with van der Waals surface area (Å²) in [5.74, 6) is -5.93. The van der Waals surface area contributed by atoms with Crippen LogP contribution in [0, 0.1) is 23.7 Å². The van der Waals surface area contributed by atoms with Crippen LogP contribution in [-0.2, 0) is 46.0 Å². The molecule has 4 N–H and O–H groups in total. The lowest BCUT2D eigenvalue weighted by atomic mass is 9.87. The number of aromatic nitrogens is 3. The molecule has 0 unspecified atom stereocenters. The molecule has 3 aromatic heterocycles. The van der Waals surface area contributed by atoms with Gasteiger partial charge in [0.15, 0.2) is 0 Å². The van der Waals surface area contributed by atoms with E-state index in [0.717, 1.165) is 54.3 Å². The number of aromatic hydroxyl groups is 1. The summed E-state index contributed by atoms with van der Waals surface area (Å²) in [7, 11) is 0.980. The lowest BCUT2D eigenvalue weighted by Crippen LogP contribution is -2.47. The molecule has 4 fully saturated rings. The second-order valence-corrected chi connectivity index (χ2v) is 25.3. The van der Waals surface area contributed by atoms with Crippen molar-refractivity contribution < 1.29 is 130 Å². The van der Waals surface area contributed by atoms with Crippen molar-refractivity contribution in [2.45, 2.75) is 126 Å². The van der Waals surface area contributed by atoms with E-state index in [1.54, 1.807) is 19.0 Å². The summed E-state index contributed by atoms with van der Waals surface area (Å²) in [5, 5.41) is 38.5. The predicted molar refractivity (Wildman–Crippen MR) is 325 cm³/mol. The average molecular weight is 1530 g/mol. The first-order valence-electron chi connectivity index (χ1n) is 29.7. The van der Waals surface area contributed by atoms with Crippen LogP contribution >= 0.6 is 11.6 Å². The highest BCUT2D eigenvalue weighted by molar-refractivity contribution is 7.86. The fourth-order valence-electron chi connectivity index (χ4n) is 9.61. The Hall–Kier alpha value is -6.71. The first-order chi connectivity index (χ1) is 46.4. The number of hydrogen-bond donors (Lipinski definition) is 4. The molecule has 0 spiro atoms. The van der Waals surface area contributed by atoms with Crippen LogP contribution < -0.4 is 4.74 Å². The van der Waals surface area contributed by atoms with Crippen LogP contribution in [0.25, 0.3) is 10.4 Å². The second kappa shape index (κ2) is 41.0. The smallest absolute Gasteiger partial charge is 0.418 e. The number of likely N-dealkylation sites (N-methyl/N-ethyl adjacent to an activating group) is 3. The van der Waals surface area contributed by atoms with E-state index in [4.69, 9.17) is 42.3 Å².